The molecule has 0 fully saturated rings. The predicted octanol–water partition coefficient (Wildman–Crippen LogP) is 2.91. The Morgan fingerprint density at radius 2 is 1.79 bits per heavy atom. The summed E-state index contributed by atoms with van der Waals surface area (Å²) in [6.07, 6.45) is 0. The lowest BCUT2D eigenvalue weighted by Gasteiger charge is -2.14. The number of benzene rings is 2. The monoisotopic (exact) mass is 262 g/mol. The number of para-hydroxylation sites is 1. The molecule has 4 heteroatoms. The van der Waals surface area contributed by atoms with Crippen molar-refractivity contribution in [3.63, 3.8) is 0 Å². The van der Waals surface area contributed by atoms with Gasteiger partial charge in [0.05, 0.1) is 13.7 Å². The number of ether oxygens (including phenoxy) is 2. The van der Waals surface area contributed by atoms with Gasteiger partial charge in [0, 0.05) is 11.1 Å². The first-order valence-corrected chi connectivity index (χ1v) is 5.89. The zero-order valence-corrected chi connectivity index (χ0v) is 10.6. The average Bonchev–Trinajstić information content (AvgIpc) is 2.46. The van der Waals surface area contributed by atoms with E-state index in [1.54, 1.807) is 36.4 Å². The van der Waals surface area contributed by atoms with Gasteiger partial charge in [-0.05, 0) is 12.1 Å². The van der Waals surface area contributed by atoms with E-state index in [9.17, 15) is 9.50 Å². The number of aliphatic hydroxyl groups is 1. The van der Waals surface area contributed by atoms with Crippen molar-refractivity contribution in [2.45, 2.75) is 13.2 Å². The highest BCUT2D eigenvalue weighted by atomic mass is 19.1. The van der Waals surface area contributed by atoms with Gasteiger partial charge in [-0.2, -0.15) is 0 Å². The molecule has 0 aliphatic heterocycles. The van der Waals surface area contributed by atoms with Crippen LogP contribution in [-0.2, 0) is 13.2 Å². The second kappa shape index (κ2) is 6.20. The first kappa shape index (κ1) is 13.4. The van der Waals surface area contributed by atoms with Crippen molar-refractivity contribution in [1.82, 2.24) is 0 Å². The molecule has 0 heterocycles. The summed E-state index contributed by atoms with van der Waals surface area (Å²) in [5.74, 6) is 0.640. The van der Waals surface area contributed by atoms with Gasteiger partial charge in [-0.25, -0.2) is 4.39 Å². The van der Waals surface area contributed by atoms with Crippen molar-refractivity contribution in [2.24, 2.45) is 0 Å². The fraction of sp³-hybridized carbons (Fsp3) is 0.200. The summed E-state index contributed by atoms with van der Waals surface area (Å²) in [5, 5.41) is 9.28. The molecule has 0 aliphatic rings. The molecule has 0 saturated carbocycles. The zero-order chi connectivity index (χ0) is 13.7. The lowest BCUT2D eigenvalue weighted by molar-refractivity contribution is 0.248. The Morgan fingerprint density at radius 1 is 1.05 bits per heavy atom. The maximum atomic E-state index is 13.5. The second-order valence-corrected chi connectivity index (χ2v) is 3.99. The minimum Gasteiger partial charge on any atom is -0.493 e. The van der Waals surface area contributed by atoms with Crippen LogP contribution in [0.1, 0.15) is 11.1 Å². The summed E-state index contributed by atoms with van der Waals surface area (Å²) < 4.78 is 24.3. The largest absolute Gasteiger partial charge is 0.493 e. The maximum absolute atomic E-state index is 13.5. The molecule has 0 saturated heterocycles. The highest BCUT2D eigenvalue weighted by Crippen LogP contribution is 2.31. The first-order valence-electron chi connectivity index (χ1n) is 5.89. The quantitative estimate of drug-likeness (QED) is 0.900. The van der Waals surface area contributed by atoms with Gasteiger partial charge in [-0.15, -0.1) is 0 Å². The number of halogens is 1. The molecule has 100 valence electrons. The van der Waals surface area contributed by atoms with Crippen LogP contribution in [0.5, 0.6) is 11.5 Å². The Labute approximate surface area is 111 Å². The van der Waals surface area contributed by atoms with Crippen LogP contribution in [-0.4, -0.2) is 12.2 Å². The summed E-state index contributed by atoms with van der Waals surface area (Å²) in [4.78, 5) is 0. The van der Waals surface area contributed by atoms with E-state index in [4.69, 9.17) is 9.47 Å². The molecular weight excluding hydrogens is 247 g/mol. The summed E-state index contributed by atoms with van der Waals surface area (Å²) in [5.41, 5.74) is 1.06. The van der Waals surface area contributed by atoms with Gasteiger partial charge in [0.15, 0.2) is 11.5 Å². The van der Waals surface area contributed by atoms with E-state index in [-0.39, 0.29) is 19.0 Å². The highest BCUT2D eigenvalue weighted by Gasteiger charge is 2.11. The van der Waals surface area contributed by atoms with Crippen LogP contribution >= 0.6 is 0 Å². The minimum absolute atomic E-state index is 0.0834. The second-order valence-electron chi connectivity index (χ2n) is 3.99. The zero-order valence-electron chi connectivity index (χ0n) is 10.6. The molecule has 2 aromatic carbocycles. The van der Waals surface area contributed by atoms with Crippen molar-refractivity contribution in [2.75, 3.05) is 7.11 Å². The Hall–Kier alpha value is -2.07. The standard InChI is InChI=1S/C15H15FO3/c1-18-14-8-4-6-11(9-17)15(14)19-10-12-5-2-3-7-13(12)16/h2-8,17H,9-10H2,1H3. The number of hydrogen-bond acceptors (Lipinski definition) is 3. The highest BCUT2D eigenvalue weighted by molar-refractivity contribution is 5.46. The SMILES string of the molecule is COc1cccc(CO)c1OCc1ccccc1F. The number of rotatable bonds is 5. The Bertz CT molecular complexity index is 533. The van der Waals surface area contributed by atoms with Crippen molar-refractivity contribution in [3.05, 3.63) is 59.4 Å². The van der Waals surface area contributed by atoms with Crippen LogP contribution in [0.3, 0.4) is 0 Å². The molecular formula is C15H15FO3. The number of methoxy groups -OCH3 is 1. The lowest BCUT2D eigenvalue weighted by atomic mass is 10.2. The molecule has 0 aromatic heterocycles. The molecule has 0 atom stereocenters. The third-order valence-electron chi connectivity index (χ3n) is 2.78. The van der Waals surface area contributed by atoms with E-state index in [1.165, 1.54) is 13.2 Å². The summed E-state index contributed by atoms with van der Waals surface area (Å²) in [7, 11) is 1.52. The van der Waals surface area contributed by atoms with E-state index in [1.807, 2.05) is 0 Å². The van der Waals surface area contributed by atoms with E-state index < -0.39 is 0 Å². The van der Waals surface area contributed by atoms with E-state index in [2.05, 4.69) is 0 Å². The molecule has 0 spiro atoms. The fourth-order valence-electron chi connectivity index (χ4n) is 1.78. The predicted molar refractivity (Wildman–Crippen MR) is 69.6 cm³/mol. The van der Waals surface area contributed by atoms with Crippen LogP contribution < -0.4 is 9.47 Å². The topological polar surface area (TPSA) is 38.7 Å². The third kappa shape index (κ3) is 3.03. The number of aliphatic hydroxyl groups excluding tert-OH is 1. The molecule has 0 bridgehead atoms. The first-order chi connectivity index (χ1) is 9.26. The molecule has 0 radical (unpaired) electrons. The average molecular weight is 262 g/mol. The van der Waals surface area contributed by atoms with Crippen molar-refractivity contribution in [1.29, 1.82) is 0 Å². The van der Waals surface area contributed by atoms with Crippen LogP contribution in [0.2, 0.25) is 0 Å². The van der Waals surface area contributed by atoms with Crippen molar-refractivity contribution < 1.29 is 19.0 Å². The Balaban J connectivity index is 2.21. The fourth-order valence-corrected chi connectivity index (χ4v) is 1.78. The molecule has 0 amide bonds. The van der Waals surface area contributed by atoms with Crippen LogP contribution in [0.15, 0.2) is 42.5 Å². The van der Waals surface area contributed by atoms with Crippen LogP contribution in [0.25, 0.3) is 0 Å². The van der Waals surface area contributed by atoms with E-state index in [0.717, 1.165) is 0 Å². The maximum Gasteiger partial charge on any atom is 0.167 e. The van der Waals surface area contributed by atoms with Crippen molar-refractivity contribution >= 4 is 0 Å². The van der Waals surface area contributed by atoms with Gasteiger partial charge in [0.25, 0.3) is 0 Å². The minimum atomic E-state index is -0.317. The number of hydrogen-bond donors (Lipinski definition) is 1. The summed E-state index contributed by atoms with van der Waals surface area (Å²) in [6, 6.07) is 11.6. The van der Waals surface area contributed by atoms with Gasteiger partial charge < -0.3 is 14.6 Å². The third-order valence-corrected chi connectivity index (χ3v) is 2.78. The van der Waals surface area contributed by atoms with E-state index >= 15 is 0 Å². The molecule has 0 aliphatic carbocycles. The normalized spacial score (nSPS) is 10.3. The van der Waals surface area contributed by atoms with Crippen molar-refractivity contribution in [3.8, 4) is 11.5 Å². The van der Waals surface area contributed by atoms with Crippen LogP contribution in [0.4, 0.5) is 4.39 Å². The van der Waals surface area contributed by atoms with Gasteiger partial charge >= 0.3 is 0 Å². The Morgan fingerprint density at radius 3 is 2.47 bits per heavy atom. The molecule has 0 unspecified atom stereocenters. The van der Waals surface area contributed by atoms with E-state index in [0.29, 0.717) is 22.6 Å². The molecule has 2 rings (SSSR count). The molecule has 1 N–H and O–H groups in total. The summed E-state index contributed by atoms with van der Waals surface area (Å²) in [6.45, 7) is -0.0795. The molecule has 2 aromatic rings. The molecule has 19 heavy (non-hydrogen) atoms. The Kier molecular flexibility index (Phi) is 4.36. The smallest absolute Gasteiger partial charge is 0.167 e. The summed E-state index contributed by atoms with van der Waals surface area (Å²) >= 11 is 0. The van der Waals surface area contributed by atoms with Gasteiger partial charge in [-0.3, -0.25) is 0 Å². The van der Waals surface area contributed by atoms with Gasteiger partial charge in [0.2, 0.25) is 0 Å². The lowest BCUT2D eigenvalue weighted by Crippen LogP contribution is -2.02. The van der Waals surface area contributed by atoms with Crippen LogP contribution in [0, 0.1) is 5.82 Å². The van der Waals surface area contributed by atoms with Gasteiger partial charge in [0.1, 0.15) is 12.4 Å². The molecule has 3 nitrogen and oxygen atoms in total. The van der Waals surface area contributed by atoms with Gasteiger partial charge in [-0.1, -0.05) is 30.3 Å².